The molecule has 6 atom stereocenters. The van der Waals surface area contributed by atoms with Crippen LogP contribution in [0.2, 0.25) is 5.02 Å². The van der Waals surface area contributed by atoms with Crippen LogP contribution < -0.4 is 10.6 Å². The average Bonchev–Trinajstić information content (AvgIpc) is 3.51. The van der Waals surface area contributed by atoms with E-state index in [0.717, 1.165) is 12.0 Å². The Kier molecular flexibility index (Phi) is 6.78. The van der Waals surface area contributed by atoms with Gasteiger partial charge in [-0.2, -0.15) is 0 Å². The first kappa shape index (κ1) is 25.1. The second kappa shape index (κ2) is 9.72. The summed E-state index contributed by atoms with van der Waals surface area (Å²) < 4.78 is -0.734. The maximum atomic E-state index is 14.0. The Hall–Kier alpha value is -2.55. The minimum atomic E-state index is -0.813. The van der Waals surface area contributed by atoms with Crippen LogP contribution in [0.1, 0.15) is 31.7 Å². The van der Waals surface area contributed by atoms with Crippen LogP contribution in [-0.4, -0.2) is 56.4 Å². The van der Waals surface area contributed by atoms with Crippen molar-refractivity contribution in [2.24, 2.45) is 11.8 Å². The van der Waals surface area contributed by atoms with Gasteiger partial charge in [-0.25, -0.2) is 0 Å². The Morgan fingerprint density at radius 3 is 2.58 bits per heavy atom. The molecule has 3 heterocycles. The minimum absolute atomic E-state index is 0.0450. The lowest BCUT2D eigenvalue weighted by molar-refractivity contribution is -0.141. The number of nitrogens with one attached hydrogen (secondary N) is 2. The number of halogens is 1. The van der Waals surface area contributed by atoms with Gasteiger partial charge in [0.05, 0.1) is 39.9 Å². The Balaban J connectivity index is 1.52. The molecule has 2 bridgehead atoms. The van der Waals surface area contributed by atoms with Gasteiger partial charge in [0.2, 0.25) is 17.7 Å². The van der Waals surface area contributed by atoms with Crippen LogP contribution in [0, 0.1) is 18.8 Å². The second-order valence-electron chi connectivity index (χ2n) is 9.82. The van der Waals surface area contributed by atoms with Gasteiger partial charge >= 0.3 is 0 Å². The van der Waals surface area contributed by atoms with Crippen molar-refractivity contribution >= 4 is 52.5 Å². The highest BCUT2D eigenvalue weighted by Gasteiger charge is 2.74. The molecular weight excluding hydrogens is 498 g/mol. The molecule has 2 unspecified atom stereocenters. The highest BCUT2D eigenvalue weighted by Crippen LogP contribution is 2.66. The van der Waals surface area contributed by atoms with Crippen molar-refractivity contribution in [2.45, 2.75) is 55.2 Å². The molecular formula is C27H30ClN3O4S. The number of aliphatic hydroxyl groups excluding tert-OH is 1. The number of benzene rings is 2. The summed E-state index contributed by atoms with van der Waals surface area (Å²) in [6.45, 7) is 3.49. The Morgan fingerprint density at radius 2 is 1.92 bits per heavy atom. The molecule has 2 aromatic carbocycles. The number of nitrogens with zero attached hydrogens (tertiary/aromatic N) is 1. The Labute approximate surface area is 220 Å². The van der Waals surface area contributed by atoms with Crippen molar-refractivity contribution in [1.29, 1.82) is 0 Å². The molecule has 36 heavy (non-hydrogen) atoms. The molecule has 3 amide bonds. The number of anilines is 2. The zero-order valence-corrected chi connectivity index (χ0v) is 21.8. The maximum Gasteiger partial charge on any atom is 0.248 e. The number of fused-ring (bicyclic) bond motifs is 1. The van der Waals surface area contributed by atoms with E-state index in [1.54, 1.807) is 22.7 Å². The van der Waals surface area contributed by atoms with Crippen LogP contribution in [0.25, 0.3) is 0 Å². The first-order valence-corrected chi connectivity index (χ1v) is 13.6. The smallest absolute Gasteiger partial charge is 0.248 e. The fourth-order valence-corrected chi connectivity index (χ4v) is 8.70. The molecule has 0 radical (unpaired) electrons. The number of aryl methyl sites for hydroxylation is 1. The molecule has 0 aromatic heterocycles. The van der Waals surface area contributed by atoms with Crippen molar-refractivity contribution in [3.8, 4) is 0 Å². The molecule has 0 aliphatic carbocycles. The lowest BCUT2D eigenvalue weighted by Gasteiger charge is -2.36. The molecule has 2 aromatic rings. The van der Waals surface area contributed by atoms with Crippen molar-refractivity contribution in [1.82, 2.24) is 4.90 Å². The molecule has 3 aliphatic rings. The molecule has 3 saturated heterocycles. The maximum absolute atomic E-state index is 14.0. The van der Waals surface area contributed by atoms with E-state index in [4.69, 9.17) is 11.6 Å². The van der Waals surface area contributed by atoms with E-state index in [-0.39, 0.29) is 29.6 Å². The van der Waals surface area contributed by atoms with Crippen LogP contribution >= 0.6 is 23.4 Å². The summed E-state index contributed by atoms with van der Waals surface area (Å²) in [6.07, 6.45) is 1.90. The largest absolute Gasteiger partial charge is 0.394 e. The summed E-state index contributed by atoms with van der Waals surface area (Å²) in [5, 5.41) is 16.5. The number of carbonyl (C=O) groups is 3. The fourth-order valence-electron chi connectivity index (χ4n) is 6.23. The summed E-state index contributed by atoms with van der Waals surface area (Å²) in [5.74, 6) is -1.93. The third-order valence-electron chi connectivity index (χ3n) is 7.88. The van der Waals surface area contributed by atoms with Gasteiger partial charge in [0.25, 0.3) is 0 Å². The SMILES string of the molecule is CC[C@@H](CO)N1C(=O)[C@@H]2[C@@H](C(=O)Nc3ccccc3)[C@H]3CCC2(S3)C1C(=O)Nc1c(C)cccc1Cl. The van der Waals surface area contributed by atoms with Gasteiger partial charge in [0.1, 0.15) is 6.04 Å². The van der Waals surface area contributed by atoms with E-state index in [1.807, 2.05) is 56.3 Å². The zero-order chi connectivity index (χ0) is 25.6. The van der Waals surface area contributed by atoms with Crippen molar-refractivity contribution in [3.63, 3.8) is 0 Å². The number of rotatable bonds is 7. The van der Waals surface area contributed by atoms with Crippen molar-refractivity contribution < 1.29 is 19.5 Å². The monoisotopic (exact) mass is 527 g/mol. The van der Waals surface area contributed by atoms with Gasteiger partial charge in [-0.15, -0.1) is 11.8 Å². The fraction of sp³-hybridized carbons (Fsp3) is 0.444. The summed E-state index contributed by atoms with van der Waals surface area (Å²) in [4.78, 5) is 43.0. The molecule has 7 nitrogen and oxygen atoms in total. The summed E-state index contributed by atoms with van der Waals surface area (Å²) in [5.41, 5.74) is 2.01. The first-order valence-electron chi connectivity index (χ1n) is 12.3. The minimum Gasteiger partial charge on any atom is -0.394 e. The molecule has 3 N–H and O–H groups in total. The van der Waals surface area contributed by atoms with Gasteiger partial charge in [-0.05, 0) is 49.9 Å². The van der Waals surface area contributed by atoms with Crippen molar-refractivity contribution in [2.75, 3.05) is 17.2 Å². The first-order chi connectivity index (χ1) is 17.3. The quantitative estimate of drug-likeness (QED) is 0.504. The van der Waals surface area contributed by atoms with Crippen LogP contribution in [0.5, 0.6) is 0 Å². The summed E-state index contributed by atoms with van der Waals surface area (Å²) >= 11 is 8.00. The number of hydrogen-bond donors (Lipinski definition) is 3. The van der Waals surface area contributed by atoms with Gasteiger partial charge in [-0.3, -0.25) is 14.4 Å². The van der Waals surface area contributed by atoms with Gasteiger partial charge in [0.15, 0.2) is 0 Å². The van der Waals surface area contributed by atoms with Crippen LogP contribution in [0.15, 0.2) is 48.5 Å². The van der Waals surface area contributed by atoms with E-state index in [0.29, 0.717) is 29.2 Å². The van der Waals surface area contributed by atoms with E-state index in [9.17, 15) is 19.5 Å². The predicted octanol–water partition coefficient (Wildman–Crippen LogP) is 4.09. The molecule has 5 rings (SSSR count). The molecule has 1 spiro atoms. The molecule has 3 fully saturated rings. The Morgan fingerprint density at radius 1 is 1.17 bits per heavy atom. The number of amides is 3. The number of likely N-dealkylation sites (tertiary alicyclic amines) is 1. The summed E-state index contributed by atoms with van der Waals surface area (Å²) in [7, 11) is 0. The van der Waals surface area contributed by atoms with E-state index < -0.39 is 28.7 Å². The third kappa shape index (κ3) is 3.90. The van der Waals surface area contributed by atoms with Crippen LogP contribution in [-0.2, 0) is 14.4 Å². The lowest BCUT2D eigenvalue weighted by Crippen LogP contribution is -2.54. The third-order valence-corrected chi connectivity index (χ3v) is 10.1. The van der Waals surface area contributed by atoms with Crippen LogP contribution in [0.3, 0.4) is 0 Å². The number of aliphatic hydroxyl groups is 1. The standard InChI is InChI=1S/C27H30ClN3O4S/c1-3-17(14-32)31-23(25(34)30-22-15(2)8-7-11-18(22)28)27-13-12-19(36-27)20(21(27)26(31)35)24(33)29-16-9-5-4-6-10-16/h4-11,17,19-21,23,32H,3,12-14H2,1-2H3,(H,29,33)(H,30,34)/t17-,19+,20-,21-,23?,27?/m0/s1. The summed E-state index contributed by atoms with van der Waals surface area (Å²) in [6, 6.07) is 13.3. The van der Waals surface area contributed by atoms with E-state index in [2.05, 4.69) is 10.6 Å². The Bertz CT molecular complexity index is 1170. The number of thioether (sulfide) groups is 1. The highest BCUT2D eigenvalue weighted by atomic mass is 35.5. The van der Waals surface area contributed by atoms with E-state index >= 15 is 0 Å². The molecule has 190 valence electrons. The number of hydrogen-bond acceptors (Lipinski definition) is 5. The molecule has 0 saturated carbocycles. The van der Waals surface area contributed by atoms with E-state index in [1.165, 1.54) is 0 Å². The molecule has 9 heteroatoms. The number of carbonyl (C=O) groups excluding carboxylic acids is 3. The average molecular weight is 528 g/mol. The lowest BCUT2D eigenvalue weighted by atomic mass is 9.70. The van der Waals surface area contributed by atoms with Gasteiger partial charge in [-0.1, -0.05) is 48.9 Å². The topological polar surface area (TPSA) is 98.7 Å². The predicted molar refractivity (Wildman–Crippen MR) is 142 cm³/mol. The van der Waals surface area contributed by atoms with Crippen molar-refractivity contribution in [3.05, 3.63) is 59.1 Å². The zero-order valence-electron chi connectivity index (χ0n) is 20.2. The highest BCUT2D eigenvalue weighted by molar-refractivity contribution is 8.02. The second-order valence-corrected chi connectivity index (χ2v) is 11.8. The number of para-hydroxylation sites is 2. The van der Waals surface area contributed by atoms with Gasteiger partial charge in [0, 0.05) is 10.9 Å². The van der Waals surface area contributed by atoms with Crippen LogP contribution in [0.4, 0.5) is 11.4 Å². The molecule has 3 aliphatic heterocycles. The van der Waals surface area contributed by atoms with Gasteiger partial charge < -0.3 is 20.6 Å². The normalized spacial score (nSPS) is 29.2.